The highest BCUT2D eigenvalue weighted by atomic mass is 19.1. The molecule has 172 valence electrons. The van der Waals surface area contributed by atoms with E-state index in [-0.39, 0.29) is 24.3 Å². The van der Waals surface area contributed by atoms with Gasteiger partial charge in [0, 0.05) is 44.0 Å². The van der Waals surface area contributed by atoms with Gasteiger partial charge in [-0.25, -0.2) is 4.39 Å². The lowest BCUT2D eigenvalue weighted by molar-refractivity contribution is 0.0746. The second kappa shape index (κ2) is 9.59. The molecule has 2 aromatic carbocycles. The molecule has 0 radical (unpaired) electrons. The van der Waals surface area contributed by atoms with E-state index in [1.807, 2.05) is 4.90 Å². The van der Waals surface area contributed by atoms with Crippen molar-refractivity contribution < 1.29 is 19.1 Å². The van der Waals surface area contributed by atoms with Crippen LogP contribution >= 0.6 is 0 Å². The first kappa shape index (κ1) is 22.7. The lowest BCUT2D eigenvalue weighted by atomic mass is 10.0. The number of nitriles is 1. The molecule has 0 unspecified atom stereocenters. The quantitative estimate of drug-likeness (QED) is 0.705. The highest BCUT2D eigenvalue weighted by molar-refractivity contribution is 6.00. The van der Waals surface area contributed by atoms with Crippen molar-refractivity contribution in [3.8, 4) is 6.07 Å². The molecule has 0 aliphatic carbocycles. The maximum absolute atomic E-state index is 14.6. The summed E-state index contributed by atoms with van der Waals surface area (Å²) in [5, 5.41) is 19.1. The second-order valence-electron chi connectivity index (χ2n) is 8.52. The molecule has 4 rings (SSSR count). The number of halogens is 1. The van der Waals surface area contributed by atoms with Crippen molar-refractivity contribution in [1.29, 1.82) is 5.26 Å². The summed E-state index contributed by atoms with van der Waals surface area (Å²) in [5.74, 6) is -0.805. The largest absolute Gasteiger partial charge is 0.394 e. The first-order valence-electron chi connectivity index (χ1n) is 11.2. The molecular weight excluding hydrogens is 423 g/mol. The minimum Gasteiger partial charge on any atom is -0.394 e. The van der Waals surface area contributed by atoms with Gasteiger partial charge in [-0.05, 0) is 56.2 Å². The molecular formula is C25H27FN4O3. The Bertz CT molecular complexity index is 1110. The number of ketones is 1. The molecule has 1 amide bonds. The van der Waals surface area contributed by atoms with Crippen molar-refractivity contribution in [3.05, 3.63) is 58.9 Å². The van der Waals surface area contributed by atoms with Crippen molar-refractivity contribution in [1.82, 2.24) is 4.90 Å². The van der Waals surface area contributed by atoms with E-state index in [9.17, 15) is 24.3 Å². The Kier molecular flexibility index (Phi) is 6.61. The molecule has 2 aromatic rings. The van der Waals surface area contributed by atoms with Gasteiger partial charge in [-0.3, -0.25) is 9.59 Å². The van der Waals surface area contributed by atoms with Crippen LogP contribution in [-0.2, 0) is 0 Å². The van der Waals surface area contributed by atoms with Crippen LogP contribution < -0.4 is 9.80 Å². The molecule has 2 aliphatic rings. The highest BCUT2D eigenvalue weighted by Gasteiger charge is 2.30. The Morgan fingerprint density at radius 1 is 1.09 bits per heavy atom. The van der Waals surface area contributed by atoms with Crippen LogP contribution in [0.25, 0.3) is 0 Å². The number of carbonyl (C=O) groups is 2. The maximum atomic E-state index is 14.6. The summed E-state index contributed by atoms with van der Waals surface area (Å²) in [6.07, 6.45) is 1.79. The molecule has 0 bridgehead atoms. The van der Waals surface area contributed by atoms with Gasteiger partial charge in [0.25, 0.3) is 5.91 Å². The summed E-state index contributed by atoms with van der Waals surface area (Å²) >= 11 is 0. The van der Waals surface area contributed by atoms with E-state index in [1.165, 1.54) is 13.0 Å². The van der Waals surface area contributed by atoms with E-state index in [1.54, 1.807) is 35.2 Å². The topological polar surface area (TPSA) is 87.9 Å². The summed E-state index contributed by atoms with van der Waals surface area (Å²) in [6, 6.07) is 11.7. The number of piperazine rings is 1. The minimum absolute atomic E-state index is 0.0142. The van der Waals surface area contributed by atoms with Crippen LogP contribution in [0.5, 0.6) is 0 Å². The first-order chi connectivity index (χ1) is 15.9. The van der Waals surface area contributed by atoms with Gasteiger partial charge in [-0.2, -0.15) is 5.26 Å². The van der Waals surface area contributed by atoms with Crippen LogP contribution in [0.4, 0.5) is 15.8 Å². The van der Waals surface area contributed by atoms with Crippen molar-refractivity contribution in [2.45, 2.75) is 25.8 Å². The predicted octanol–water partition coefficient (Wildman–Crippen LogP) is 2.82. The predicted molar refractivity (Wildman–Crippen MR) is 123 cm³/mol. The summed E-state index contributed by atoms with van der Waals surface area (Å²) < 4.78 is 14.6. The molecule has 0 spiro atoms. The smallest absolute Gasteiger partial charge is 0.256 e. The van der Waals surface area contributed by atoms with E-state index in [0.717, 1.165) is 25.1 Å². The molecule has 0 aromatic heterocycles. The molecule has 1 atom stereocenters. The van der Waals surface area contributed by atoms with Gasteiger partial charge >= 0.3 is 0 Å². The Labute approximate surface area is 192 Å². The molecule has 0 saturated carbocycles. The zero-order valence-electron chi connectivity index (χ0n) is 18.6. The number of nitrogens with zero attached hydrogens (tertiary/aromatic N) is 4. The van der Waals surface area contributed by atoms with Crippen LogP contribution in [0.15, 0.2) is 36.4 Å². The summed E-state index contributed by atoms with van der Waals surface area (Å²) in [7, 11) is 0. The van der Waals surface area contributed by atoms with Crippen molar-refractivity contribution in [2.24, 2.45) is 0 Å². The lowest BCUT2D eigenvalue weighted by Gasteiger charge is -2.37. The van der Waals surface area contributed by atoms with Gasteiger partial charge in [0.05, 0.1) is 35.5 Å². The van der Waals surface area contributed by atoms with Gasteiger partial charge in [0.15, 0.2) is 5.78 Å². The number of rotatable bonds is 5. The Morgan fingerprint density at radius 3 is 2.45 bits per heavy atom. The van der Waals surface area contributed by atoms with Crippen molar-refractivity contribution in [3.63, 3.8) is 0 Å². The number of amides is 1. The SMILES string of the molecule is CC(=O)c1ccc(N2CCN(C(=O)c3cc(C#N)ccc3N3CCC[C@H]3CO)CC2)c(F)c1. The molecule has 8 heteroatoms. The monoisotopic (exact) mass is 450 g/mol. The van der Waals surface area contributed by atoms with Gasteiger partial charge in [0.2, 0.25) is 0 Å². The summed E-state index contributed by atoms with van der Waals surface area (Å²) in [4.78, 5) is 30.6. The van der Waals surface area contributed by atoms with Crippen LogP contribution in [0.1, 0.15) is 46.0 Å². The third-order valence-corrected chi connectivity index (χ3v) is 6.52. The van der Waals surface area contributed by atoms with E-state index in [2.05, 4.69) is 11.0 Å². The number of benzene rings is 2. The number of hydrogen-bond donors (Lipinski definition) is 1. The molecule has 33 heavy (non-hydrogen) atoms. The highest BCUT2D eigenvalue weighted by Crippen LogP contribution is 2.31. The Morgan fingerprint density at radius 2 is 1.82 bits per heavy atom. The minimum atomic E-state index is -0.449. The summed E-state index contributed by atoms with van der Waals surface area (Å²) in [6.45, 7) is 3.90. The standard InChI is InChI=1S/C25H27FN4O3/c1-17(32)19-5-7-24(22(26)14-19)28-9-11-29(12-10-28)25(33)21-13-18(15-27)4-6-23(21)30-8-2-3-20(30)16-31/h4-7,13-14,20,31H,2-3,8-12,16H2,1H3/t20-/m0/s1. The zero-order valence-corrected chi connectivity index (χ0v) is 18.6. The fourth-order valence-electron chi connectivity index (χ4n) is 4.67. The van der Waals surface area contributed by atoms with Gasteiger partial charge in [-0.1, -0.05) is 0 Å². The van der Waals surface area contributed by atoms with E-state index in [0.29, 0.717) is 48.6 Å². The third kappa shape index (κ3) is 4.55. The molecule has 7 nitrogen and oxygen atoms in total. The normalized spacial score (nSPS) is 18.4. The zero-order chi connectivity index (χ0) is 23.5. The van der Waals surface area contributed by atoms with E-state index >= 15 is 0 Å². The van der Waals surface area contributed by atoms with Crippen LogP contribution in [0.2, 0.25) is 0 Å². The van der Waals surface area contributed by atoms with Crippen molar-refractivity contribution in [2.75, 3.05) is 49.1 Å². The number of aliphatic hydroxyl groups excluding tert-OH is 1. The molecule has 2 heterocycles. The molecule has 2 fully saturated rings. The number of carbonyl (C=O) groups excluding carboxylic acids is 2. The van der Waals surface area contributed by atoms with Crippen LogP contribution in [0.3, 0.4) is 0 Å². The van der Waals surface area contributed by atoms with Gasteiger partial charge < -0.3 is 19.8 Å². The average Bonchev–Trinajstić information content (AvgIpc) is 3.32. The number of Topliss-reactive ketones (excluding diaryl/α,β-unsaturated/α-hetero) is 1. The van der Waals surface area contributed by atoms with Crippen LogP contribution in [-0.4, -0.2) is 67.1 Å². The molecule has 1 N–H and O–H groups in total. The van der Waals surface area contributed by atoms with Crippen LogP contribution in [0, 0.1) is 17.1 Å². The fraction of sp³-hybridized carbons (Fsp3) is 0.400. The van der Waals surface area contributed by atoms with Gasteiger partial charge in [-0.15, -0.1) is 0 Å². The van der Waals surface area contributed by atoms with Gasteiger partial charge in [0.1, 0.15) is 5.82 Å². The lowest BCUT2D eigenvalue weighted by Crippen LogP contribution is -2.49. The van der Waals surface area contributed by atoms with E-state index < -0.39 is 5.82 Å². The fourth-order valence-corrected chi connectivity index (χ4v) is 4.67. The van der Waals surface area contributed by atoms with E-state index in [4.69, 9.17) is 0 Å². The average molecular weight is 451 g/mol. The number of hydrogen-bond acceptors (Lipinski definition) is 6. The Balaban J connectivity index is 1.52. The molecule has 2 saturated heterocycles. The third-order valence-electron chi connectivity index (χ3n) is 6.52. The first-order valence-corrected chi connectivity index (χ1v) is 11.2. The Hall–Kier alpha value is -3.44. The van der Waals surface area contributed by atoms with Crippen molar-refractivity contribution >= 4 is 23.1 Å². The second-order valence-corrected chi connectivity index (χ2v) is 8.52. The maximum Gasteiger partial charge on any atom is 0.256 e. The summed E-state index contributed by atoms with van der Waals surface area (Å²) in [5.41, 5.74) is 2.36. The number of aliphatic hydroxyl groups is 1. The molecule has 2 aliphatic heterocycles. The number of anilines is 2.